The van der Waals surface area contributed by atoms with Crippen molar-refractivity contribution in [2.75, 3.05) is 6.54 Å². The van der Waals surface area contributed by atoms with Gasteiger partial charge in [0.2, 0.25) is 0 Å². The summed E-state index contributed by atoms with van der Waals surface area (Å²) in [5.74, 6) is 0. The molecule has 2 rings (SSSR count). The van der Waals surface area contributed by atoms with Crippen LogP contribution in [0.1, 0.15) is 18.1 Å². The highest BCUT2D eigenvalue weighted by Gasteiger charge is 2.18. The first-order valence-corrected chi connectivity index (χ1v) is 5.61. The molecule has 0 saturated carbocycles. The van der Waals surface area contributed by atoms with Crippen molar-refractivity contribution in [2.24, 2.45) is 12.8 Å². The minimum Gasteiger partial charge on any atom is -0.390 e. The molecule has 0 bridgehead atoms. The van der Waals surface area contributed by atoms with Crippen molar-refractivity contribution in [1.82, 2.24) is 9.78 Å². The zero-order valence-corrected chi connectivity index (χ0v) is 9.74. The van der Waals surface area contributed by atoms with Gasteiger partial charge in [-0.05, 0) is 24.6 Å². The second-order valence-corrected chi connectivity index (χ2v) is 4.18. The van der Waals surface area contributed by atoms with Crippen LogP contribution in [0.3, 0.4) is 0 Å². The summed E-state index contributed by atoms with van der Waals surface area (Å²) in [6.07, 6.45) is 0.412. The van der Waals surface area contributed by atoms with Crippen molar-refractivity contribution in [1.29, 1.82) is 0 Å². The Bertz CT molecular complexity index is 509. The van der Waals surface area contributed by atoms with Gasteiger partial charge in [0, 0.05) is 12.4 Å². The predicted octanol–water partition coefficient (Wildman–Crippen LogP) is 0.316. The second-order valence-electron chi connectivity index (χ2n) is 4.18. The molecule has 4 N–H and O–H groups in total. The van der Waals surface area contributed by atoms with Crippen molar-refractivity contribution in [3.8, 4) is 0 Å². The Labute approximate surface area is 99.5 Å². The summed E-state index contributed by atoms with van der Waals surface area (Å²) in [5, 5.41) is 24.8. The Morgan fingerprint density at radius 3 is 2.88 bits per heavy atom. The highest BCUT2D eigenvalue weighted by Crippen LogP contribution is 2.23. The van der Waals surface area contributed by atoms with E-state index in [2.05, 4.69) is 5.10 Å². The highest BCUT2D eigenvalue weighted by molar-refractivity contribution is 5.79. The van der Waals surface area contributed by atoms with Crippen LogP contribution in [0, 0.1) is 0 Å². The van der Waals surface area contributed by atoms with Gasteiger partial charge in [-0.15, -0.1) is 0 Å². The van der Waals surface area contributed by atoms with E-state index in [0.717, 1.165) is 10.9 Å². The summed E-state index contributed by atoms with van der Waals surface area (Å²) in [6, 6.07) is 5.53. The van der Waals surface area contributed by atoms with Crippen molar-refractivity contribution in [2.45, 2.75) is 18.6 Å². The molecular formula is C12H17N3O2. The lowest BCUT2D eigenvalue weighted by Crippen LogP contribution is -2.21. The van der Waals surface area contributed by atoms with E-state index in [4.69, 9.17) is 5.73 Å². The second kappa shape index (κ2) is 4.83. The summed E-state index contributed by atoms with van der Waals surface area (Å²) in [7, 11) is 1.84. The average Bonchev–Trinajstić information content (AvgIpc) is 2.70. The van der Waals surface area contributed by atoms with Crippen LogP contribution in [0.4, 0.5) is 0 Å². The van der Waals surface area contributed by atoms with Crippen LogP contribution in [0.5, 0.6) is 0 Å². The van der Waals surface area contributed by atoms with E-state index in [9.17, 15) is 10.2 Å². The van der Waals surface area contributed by atoms with Crippen LogP contribution >= 0.6 is 0 Å². The molecule has 1 aromatic carbocycles. The van der Waals surface area contributed by atoms with Crippen LogP contribution in [-0.4, -0.2) is 32.6 Å². The van der Waals surface area contributed by atoms with E-state index in [1.54, 1.807) is 16.9 Å². The number of hydrogen-bond donors (Lipinski definition) is 3. The first-order chi connectivity index (χ1) is 8.13. The molecule has 0 amide bonds. The third kappa shape index (κ3) is 2.31. The minimum absolute atomic E-state index is 0.353. The Hall–Kier alpha value is -1.43. The van der Waals surface area contributed by atoms with Crippen LogP contribution in [-0.2, 0) is 7.05 Å². The first kappa shape index (κ1) is 12.0. The number of nitrogens with two attached hydrogens (primary N) is 1. The summed E-state index contributed by atoms with van der Waals surface area (Å²) >= 11 is 0. The lowest BCUT2D eigenvalue weighted by Gasteiger charge is -2.17. The third-order valence-electron chi connectivity index (χ3n) is 2.94. The van der Waals surface area contributed by atoms with Crippen LogP contribution < -0.4 is 5.73 Å². The smallest absolute Gasteiger partial charge is 0.105 e. The molecule has 5 heteroatoms. The Balaban J connectivity index is 2.32. The number of aliphatic hydroxyl groups is 2. The molecule has 17 heavy (non-hydrogen) atoms. The maximum atomic E-state index is 9.97. The third-order valence-corrected chi connectivity index (χ3v) is 2.94. The zero-order valence-electron chi connectivity index (χ0n) is 9.74. The number of rotatable bonds is 4. The molecule has 5 nitrogen and oxygen atoms in total. The van der Waals surface area contributed by atoms with Gasteiger partial charge >= 0.3 is 0 Å². The lowest BCUT2D eigenvalue weighted by molar-refractivity contribution is 0.0151. The molecule has 1 aromatic heterocycles. The molecule has 0 aliphatic carbocycles. The molecule has 0 saturated heterocycles. The minimum atomic E-state index is -0.905. The quantitative estimate of drug-likeness (QED) is 0.712. The Kier molecular flexibility index (Phi) is 3.42. The monoisotopic (exact) mass is 235 g/mol. The normalized spacial score (nSPS) is 15.1. The van der Waals surface area contributed by atoms with Gasteiger partial charge < -0.3 is 15.9 Å². The maximum Gasteiger partial charge on any atom is 0.105 e. The number of nitrogens with zero attached hydrogens (tertiary/aromatic N) is 2. The van der Waals surface area contributed by atoms with Gasteiger partial charge in [-0.2, -0.15) is 5.10 Å². The molecule has 0 fully saturated rings. The number of aryl methyl sites for hydroxylation is 1. The SMILES string of the molecule is Cn1ncc2ccc(C(O)C(O)CCN)cc21. The first-order valence-electron chi connectivity index (χ1n) is 5.61. The van der Waals surface area contributed by atoms with Crippen molar-refractivity contribution >= 4 is 10.9 Å². The van der Waals surface area contributed by atoms with Crippen molar-refractivity contribution in [3.05, 3.63) is 30.0 Å². The van der Waals surface area contributed by atoms with Gasteiger partial charge in [-0.1, -0.05) is 12.1 Å². The standard InChI is InChI=1S/C12H17N3O2/c1-15-10-6-8(2-3-9(10)7-14-15)12(17)11(16)4-5-13/h2-3,6-7,11-12,16-17H,4-5,13H2,1H3. The number of benzene rings is 1. The van der Waals surface area contributed by atoms with Crippen LogP contribution in [0.25, 0.3) is 10.9 Å². The molecular weight excluding hydrogens is 218 g/mol. The summed E-state index contributed by atoms with van der Waals surface area (Å²) in [6.45, 7) is 0.353. The molecule has 2 atom stereocenters. The average molecular weight is 235 g/mol. The molecule has 2 aromatic rings. The predicted molar refractivity (Wildman–Crippen MR) is 65.4 cm³/mol. The van der Waals surface area contributed by atoms with E-state index in [1.165, 1.54) is 0 Å². The fourth-order valence-electron chi connectivity index (χ4n) is 1.90. The van der Waals surface area contributed by atoms with Gasteiger partial charge in [0.25, 0.3) is 0 Å². The van der Waals surface area contributed by atoms with Gasteiger partial charge in [0.15, 0.2) is 0 Å². The molecule has 0 spiro atoms. The van der Waals surface area contributed by atoms with E-state index in [0.29, 0.717) is 18.5 Å². The van der Waals surface area contributed by atoms with Crippen molar-refractivity contribution in [3.63, 3.8) is 0 Å². The summed E-state index contributed by atoms with van der Waals surface area (Å²) in [5.41, 5.74) is 6.97. The molecule has 92 valence electrons. The lowest BCUT2D eigenvalue weighted by atomic mass is 10.0. The van der Waals surface area contributed by atoms with E-state index in [1.807, 2.05) is 19.2 Å². The largest absolute Gasteiger partial charge is 0.390 e. The van der Waals surface area contributed by atoms with Gasteiger partial charge in [-0.3, -0.25) is 4.68 Å². The molecule has 0 radical (unpaired) electrons. The van der Waals surface area contributed by atoms with E-state index in [-0.39, 0.29) is 0 Å². The number of fused-ring (bicyclic) bond motifs is 1. The number of hydrogen-bond acceptors (Lipinski definition) is 4. The number of aliphatic hydroxyl groups excluding tert-OH is 2. The maximum absolute atomic E-state index is 9.97. The molecule has 1 heterocycles. The molecule has 0 aliphatic rings. The summed E-state index contributed by atoms with van der Waals surface area (Å²) in [4.78, 5) is 0. The van der Waals surface area contributed by atoms with Gasteiger partial charge in [0.05, 0.1) is 17.8 Å². The topological polar surface area (TPSA) is 84.3 Å². The molecule has 0 aliphatic heterocycles. The van der Waals surface area contributed by atoms with Crippen LogP contribution in [0.15, 0.2) is 24.4 Å². The fraction of sp³-hybridized carbons (Fsp3) is 0.417. The highest BCUT2D eigenvalue weighted by atomic mass is 16.3. The Morgan fingerprint density at radius 1 is 1.41 bits per heavy atom. The molecule has 2 unspecified atom stereocenters. The van der Waals surface area contributed by atoms with E-state index < -0.39 is 12.2 Å². The van der Waals surface area contributed by atoms with Gasteiger partial charge in [0.1, 0.15) is 6.10 Å². The van der Waals surface area contributed by atoms with E-state index >= 15 is 0 Å². The Morgan fingerprint density at radius 2 is 2.18 bits per heavy atom. The number of aromatic nitrogens is 2. The van der Waals surface area contributed by atoms with Gasteiger partial charge in [-0.25, -0.2) is 0 Å². The summed E-state index contributed by atoms with van der Waals surface area (Å²) < 4.78 is 1.74. The van der Waals surface area contributed by atoms with Crippen LogP contribution in [0.2, 0.25) is 0 Å². The fourth-order valence-corrected chi connectivity index (χ4v) is 1.90. The van der Waals surface area contributed by atoms with Crippen molar-refractivity contribution < 1.29 is 10.2 Å². The zero-order chi connectivity index (χ0) is 12.4.